The third-order valence-electron chi connectivity index (χ3n) is 5.41. The van der Waals surface area contributed by atoms with E-state index in [1.807, 2.05) is 6.92 Å². The van der Waals surface area contributed by atoms with Gasteiger partial charge in [0.25, 0.3) is 0 Å². The van der Waals surface area contributed by atoms with Crippen LogP contribution in [0.2, 0.25) is 0 Å². The highest BCUT2D eigenvalue weighted by molar-refractivity contribution is 5.81. The van der Waals surface area contributed by atoms with Gasteiger partial charge in [0.05, 0.1) is 18.9 Å². The molecule has 0 spiro atoms. The summed E-state index contributed by atoms with van der Waals surface area (Å²) in [5.41, 5.74) is 5.83. The van der Waals surface area contributed by atoms with E-state index in [2.05, 4.69) is 5.32 Å². The molecule has 0 aromatic carbocycles. The SMILES string of the molecule is COC(=O)C(CNC(=O)C1CCCCC1(C)N)C1CCOCC1. The molecule has 6 heteroatoms. The molecule has 2 aliphatic rings. The topological polar surface area (TPSA) is 90.7 Å². The van der Waals surface area contributed by atoms with Crippen molar-refractivity contribution in [1.29, 1.82) is 0 Å². The standard InChI is InChI=1S/C17H30N2O4/c1-17(18)8-4-3-5-14(17)15(20)19-11-13(16(21)22-2)12-6-9-23-10-7-12/h12-14H,3-11,18H2,1-2H3,(H,19,20). The molecule has 2 rings (SSSR count). The molecule has 0 radical (unpaired) electrons. The van der Waals surface area contributed by atoms with Gasteiger partial charge in [0, 0.05) is 25.3 Å². The molecule has 0 aromatic heterocycles. The molecule has 3 unspecified atom stereocenters. The molecule has 0 bridgehead atoms. The zero-order valence-corrected chi connectivity index (χ0v) is 14.3. The second-order valence-electron chi connectivity index (χ2n) is 7.13. The maximum atomic E-state index is 12.5. The van der Waals surface area contributed by atoms with Crippen LogP contribution in [0.25, 0.3) is 0 Å². The van der Waals surface area contributed by atoms with E-state index in [9.17, 15) is 9.59 Å². The molecule has 0 aromatic rings. The Labute approximate surface area is 138 Å². The van der Waals surface area contributed by atoms with Crippen LogP contribution >= 0.6 is 0 Å². The number of nitrogens with one attached hydrogen (secondary N) is 1. The lowest BCUT2D eigenvalue weighted by Crippen LogP contribution is -2.53. The fourth-order valence-corrected chi connectivity index (χ4v) is 3.83. The molecular weight excluding hydrogens is 296 g/mol. The fourth-order valence-electron chi connectivity index (χ4n) is 3.83. The van der Waals surface area contributed by atoms with Crippen molar-refractivity contribution in [2.45, 2.75) is 51.0 Å². The van der Waals surface area contributed by atoms with Gasteiger partial charge in [-0.15, -0.1) is 0 Å². The average molecular weight is 326 g/mol. The van der Waals surface area contributed by atoms with Gasteiger partial charge < -0.3 is 20.5 Å². The monoisotopic (exact) mass is 326 g/mol. The quantitative estimate of drug-likeness (QED) is 0.742. The first-order valence-corrected chi connectivity index (χ1v) is 8.68. The van der Waals surface area contributed by atoms with Gasteiger partial charge in [-0.3, -0.25) is 9.59 Å². The molecule has 1 heterocycles. The highest BCUT2D eigenvalue weighted by atomic mass is 16.5. The van der Waals surface area contributed by atoms with Crippen LogP contribution in [-0.4, -0.2) is 44.3 Å². The molecule has 1 aliphatic carbocycles. The number of ether oxygens (including phenoxy) is 2. The summed E-state index contributed by atoms with van der Waals surface area (Å²) < 4.78 is 10.3. The largest absolute Gasteiger partial charge is 0.469 e. The van der Waals surface area contributed by atoms with Crippen LogP contribution in [0.3, 0.4) is 0 Å². The van der Waals surface area contributed by atoms with E-state index < -0.39 is 5.54 Å². The number of methoxy groups -OCH3 is 1. The minimum Gasteiger partial charge on any atom is -0.469 e. The molecule has 6 nitrogen and oxygen atoms in total. The van der Waals surface area contributed by atoms with Gasteiger partial charge in [-0.25, -0.2) is 0 Å². The lowest BCUT2D eigenvalue weighted by Gasteiger charge is -2.37. The van der Waals surface area contributed by atoms with E-state index in [1.165, 1.54) is 7.11 Å². The smallest absolute Gasteiger partial charge is 0.310 e. The van der Waals surface area contributed by atoms with Crippen molar-refractivity contribution >= 4 is 11.9 Å². The Morgan fingerprint density at radius 1 is 1.30 bits per heavy atom. The zero-order chi connectivity index (χ0) is 16.9. The molecule has 1 aliphatic heterocycles. The van der Waals surface area contributed by atoms with Crippen molar-refractivity contribution in [2.75, 3.05) is 26.9 Å². The van der Waals surface area contributed by atoms with Crippen LogP contribution in [0.1, 0.15) is 45.4 Å². The highest BCUT2D eigenvalue weighted by Gasteiger charge is 2.38. The minimum atomic E-state index is -0.457. The third kappa shape index (κ3) is 4.67. The molecule has 3 atom stereocenters. The Morgan fingerprint density at radius 2 is 2.00 bits per heavy atom. The number of carbonyl (C=O) groups is 2. The second kappa shape index (κ2) is 8.11. The van der Waals surface area contributed by atoms with Gasteiger partial charge in [-0.1, -0.05) is 12.8 Å². The number of hydrogen-bond acceptors (Lipinski definition) is 5. The third-order valence-corrected chi connectivity index (χ3v) is 5.41. The zero-order valence-electron chi connectivity index (χ0n) is 14.3. The van der Waals surface area contributed by atoms with Gasteiger partial charge in [-0.2, -0.15) is 0 Å². The van der Waals surface area contributed by atoms with Crippen molar-refractivity contribution in [3.8, 4) is 0 Å². The predicted molar refractivity (Wildman–Crippen MR) is 86.6 cm³/mol. The van der Waals surface area contributed by atoms with Crippen LogP contribution in [0.5, 0.6) is 0 Å². The van der Waals surface area contributed by atoms with E-state index >= 15 is 0 Å². The Morgan fingerprint density at radius 3 is 2.61 bits per heavy atom. The Kier molecular flexibility index (Phi) is 6.41. The minimum absolute atomic E-state index is 0.0318. The fraction of sp³-hybridized carbons (Fsp3) is 0.882. The molecule has 3 N–H and O–H groups in total. The number of carbonyl (C=O) groups excluding carboxylic acids is 2. The van der Waals surface area contributed by atoms with E-state index in [0.717, 1.165) is 38.5 Å². The number of rotatable bonds is 5. The Balaban J connectivity index is 1.94. The highest BCUT2D eigenvalue weighted by Crippen LogP contribution is 2.32. The van der Waals surface area contributed by atoms with E-state index in [4.69, 9.17) is 15.2 Å². The normalized spacial score (nSPS) is 30.5. The average Bonchev–Trinajstić information content (AvgIpc) is 2.55. The number of amides is 1. The molecule has 132 valence electrons. The summed E-state index contributed by atoms with van der Waals surface area (Å²) in [6, 6.07) is 0. The van der Waals surface area contributed by atoms with Gasteiger partial charge in [0.15, 0.2) is 0 Å². The number of esters is 1. The summed E-state index contributed by atoms with van der Waals surface area (Å²) in [4.78, 5) is 24.6. The molecular formula is C17H30N2O4. The molecule has 1 amide bonds. The first-order valence-electron chi connectivity index (χ1n) is 8.68. The summed E-state index contributed by atoms with van der Waals surface area (Å²) in [5.74, 6) is -0.566. The van der Waals surface area contributed by atoms with Crippen LogP contribution < -0.4 is 11.1 Å². The van der Waals surface area contributed by atoms with Gasteiger partial charge >= 0.3 is 5.97 Å². The second-order valence-corrected chi connectivity index (χ2v) is 7.13. The summed E-state index contributed by atoms with van der Waals surface area (Å²) in [5, 5.41) is 2.96. The number of hydrogen-bond donors (Lipinski definition) is 2. The van der Waals surface area contributed by atoms with Crippen LogP contribution in [-0.2, 0) is 19.1 Å². The van der Waals surface area contributed by atoms with Crippen molar-refractivity contribution in [2.24, 2.45) is 23.5 Å². The van der Waals surface area contributed by atoms with Crippen molar-refractivity contribution in [3.63, 3.8) is 0 Å². The van der Waals surface area contributed by atoms with Crippen LogP contribution in [0, 0.1) is 17.8 Å². The first kappa shape index (κ1) is 18.2. The maximum Gasteiger partial charge on any atom is 0.310 e. The van der Waals surface area contributed by atoms with Gasteiger partial charge in [0.1, 0.15) is 0 Å². The van der Waals surface area contributed by atoms with Crippen molar-refractivity contribution < 1.29 is 19.1 Å². The molecule has 1 saturated carbocycles. The van der Waals surface area contributed by atoms with Crippen LogP contribution in [0.4, 0.5) is 0 Å². The maximum absolute atomic E-state index is 12.5. The van der Waals surface area contributed by atoms with E-state index in [0.29, 0.717) is 19.8 Å². The predicted octanol–water partition coefficient (Wildman–Crippen LogP) is 1.23. The molecule has 23 heavy (non-hydrogen) atoms. The van der Waals surface area contributed by atoms with Gasteiger partial charge in [-0.05, 0) is 38.5 Å². The van der Waals surface area contributed by atoms with Gasteiger partial charge in [0.2, 0.25) is 5.91 Å². The summed E-state index contributed by atoms with van der Waals surface area (Å²) in [6.07, 6.45) is 5.45. The summed E-state index contributed by atoms with van der Waals surface area (Å²) in [7, 11) is 1.40. The van der Waals surface area contributed by atoms with Crippen LogP contribution in [0.15, 0.2) is 0 Å². The summed E-state index contributed by atoms with van der Waals surface area (Å²) in [6.45, 7) is 3.60. The number of nitrogens with two attached hydrogens (primary N) is 1. The lowest BCUT2D eigenvalue weighted by atomic mass is 9.74. The van der Waals surface area contributed by atoms with E-state index in [1.54, 1.807) is 0 Å². The first-order chi connectivity index (χ1) is 11.0. The lowest BCUT2D eigenvalue weighted by molar-refractivity contribution is -0.148. The molecule has 1 saturated heterocycles. The van der Waals surface area contributed by atoms with Crippen molar-refractivity contribution in [3.05, 3.63) is 0 Å². The Bertz CT molecular complexity index is 419. The molecule has 2 fully saturated rings. The Hall–Kier alpha value is -1.14. The summed E-state index contributed by atoms with van der Waals surface area (Å²) >= 11 is 0. The van der Waals surface area contributed by atoms with E-state index in [-0.39, 0.29) is 29.6 Å². The van der Waals surface area contributed by atoms with Crippen molar-refractivity contribution in [1.82, 2.24) is 5.32 Å².